The molecular weight excluding hydrogens is 259 g/mol. The first-order valence-electron chi connectivity index (χ1n) is 4.57. The summed E-state index contributed by atoms with van der Waals surface area (Å²) in [7, 11) is -0.441. The van der Waals surface area contributed by atoms with E-state index in [2.05, 4.69) is 37.7 Å². The van der Waals surface area contributed by atoms with Crippen LogP contribution in [-0.4, -0.2) is 23.9 Å². The Labute approximate surface area is 101 Å². The molecule has 1 N–H and O–H groups in total. The van der Waals surface area contributed by atoms with E-state index < -0.39 is 8.60 Å². The van der Waals surface area contributed by atoms with Crippen molar-refractivity contribution in [3.8, 4) is 0 Å². The maximum Gasteiger partial charge on any atom is 0.389 e. The van der Waals surface area contributed by atoms with Gasteiger partial charge in [-0.3, -0.25) is 0 Å². The van der Waals surface area contributed by atoms with Crippen LogP contribution in [0.3, 0.4) is 0 Å². The Bertz CT molecular complexity index is 101. The van der Waals surface area contributed by atoms with Gasteiger partial charge in [-0.15, -0.1) is 11.7 Å². The lowest BCUT2D eigenvalue weighted by molar-refractivity contribution is -0.263. The van der Waals surface area contributed by atoms with Crippen molar-refractivity contribution in [2.75, 3.05) is 19.0 Å². The summed E-state index contributed by atoms with van der Waals surface area (Å²) in [5.41, 5.74) is 0. The second-order valence-electron chi connectivity index (χ2n) is 2.03. The van der Waals surface area contributed by atoms with Crippen LogP contribution in [0.1, 0.15) is 27.2 Å². The Hall–Kier alpha value is 0.930. The number of rotatable bonds is 8. The van der Waals surface area contributed by atoms with E-state index in [0.29, 0.717) is 13.2 Å². The number of hydrogen-bond acceptors (Lipinski definition) is 7. The molecule has 8 heteroatoms. The molecule has 0 aromatic heterocycles. The Kier molecular flexibility index (Phi) is 21.1. The quantitative estimate of drug-likeness (QED) is 0.234. The molecule has 0 aromatic carbocycles. The Morgan fingerprint density at radius 3 is 1.80 bits per heavy atom. The highest BCUT2D eigenvalue weighted by Gasteiger charge is 2.07. The summed E-state index contributed by atoms with van der Waals surface area (Å²) in [6.45, 7) is 6.31. The minimum Gasteiger partial charge on any atom is -0.325 e. The second-order valence-corrected chi connectivity index (χ2v) is 4.25. The van der Waals surface area contributed by atoms with Crippen molar-refractivity contribution in [3.05, 3.63) is 0 Å². The van der Waals surface area contributed by atoms with Crippen molar-refractivity contribution in [3.63, 3.8) is 0 Å². The number of thiol groups is 1. The van der Waals surface area contributed by atoms with E-state index in [1.54, 1.807) is 24.6 Å². The van der Waals surface area contributed by atoms with Crippen molar-refractivity contribution in [1.29, 1.82) is 0 Å². The standard InChI is InChI=1S/C4H11O5P.C3H8S2/c1-3-6-8-10(5)9-7-4-2;1-2-3-5-4/h5H,3-4H2,1-2H3;4H,2-3H2,1H3. The molecule has 0 saturated heterocycles. The highest BCUT2D eigenvalue weighted by molar-refractivity contribution is 8.68. The lowest BCUT2D eigenvalue weighted by Gasteiger charge is -2.05. The summed E-state index contributed by atoms with van der Waals surface area (Å²) in [4.78, 5) is 17.4. The topological polar surface area (TPSA) is 57.2 Å². The van der Waals surface area contributed by atoms with Gasteiger partial charge in [0.05, 0.1) is 13.2 Å². The van der Waals surface area contributed by atoms with Gasteiger partial charge in [-0.25, -0.2) is 9.78 Å². The molecule has 0 aromatic rings. The molecule has 94 valence electrons. The predicted molar refractivity (Wildman–Crippen MR) is 66.3 cm³/mol. The Balaban J connectivity index is 0. The van der Waals surface area contributed by atoms with Gasteiger partial charge >= 0.3 is 8.60 Å². The van der Waals surface area contributed by atoms with Crippen molar-refractivity contribution < 1.29 is 24.0 Å². The van der Waals surface area contributed by atoms with Crippen LogP contribution in [-0.2, 0) is 19.1 Å². The van der Waals surface area contributed by atoms with Crippen LogP contribution < -0.4 is 0 Å². The summed E-state index contributed by atoms with van der Waals surface area (Å²) < 4.78 is 8.53. The summed E-state index contributed by atoms with van der Waals surface area (Å²) in [5.74, 6) is 1.17. The third kappa shape index (κ3) is 20.9. The van der Waals surface area contributed by atoms with Crippen LogP contribution in [0.25, 0.3) is 0 Å². The van der Waals surface area contributed by atoms with E-state index in [1.165, 1.54) is 12.2 Å². The van der Waals surface area contributed by atoms with E-state index >= 15 is 0 Å². The maximum absolute atomic E-state index is 8.68. The first-order chi connectivity index (χ1) is 7.22. The van der Waals surface area contributed by atoms with Gasteiger partial charge in [0.1, 0.15) is 0 Å². The van der Waals surface area contributed by atoms with E-state index in [9.17, 15) is 0 Å². The molecule has 0 heterocycles. The molecule has 0 atom stereocenters. The molecule has 0 aliphatic heterocycles. The van der Waals surface area contributed by atoms with E-state index in [0.717, 1.165) is 0 Å². The van der Waals surface area contributed by atoms with E-state index in [-0.39, 0.29) is 0 Å². The Morgan fingerprint density at radius 2 is 1.60 bits per heavy atom. The lowest BCUT2D eigenvalue weighted by Crippen LogP contribution is -1.93. The zero-order valence-corrected chi connectivity index (χ0v) is 11.8. The zero-order chi connectivity index (χ0) is 11.9. The van der Waals surface area contributed by atoms with Crippen LogP contribution in [0, 0.1) is 0 Å². The van der Waals surface area contributed by atoms with Gasteiger partial charge in [-0.2, -0.15) is 9.35 Å². The molecule has 0 aliphatic rings. The molecule has 0 saturated carbocycles. The third-order valence-electron chi connectivity index (χ3n) is 0.764. The van der Waals surface area contributed by atoms with Gasteiger partial charge in [0.15, 0.2) is 0 Å². The molecule has 0 unspecified atom stereocenters. The zero-order valence-electron chi connectivity index (χ0n) is 9.21. The van der Waals surface area contributed by atoms with Gasteiger partial charge < -0.3 is 4.89 Å². The fraction of sp³-hybridized carbons (Fsp3) is 1.00. The monoisotopic (exact) mass is 278 g/mol. The van der Waals surface area contributed by atoms with Gasteiger partial charge in [-0.05, 0) is 20.3 Å². The highest BCUT2D eigenvalue weighted by Crippen LogP contribution is 2.32. The third-order valence-corrected chi connectivity index (χ3v) is 2.37. The number of hydrogen-bond donors (Lipinski definition) is 2. The molecule has 0 spiro atoms. The predicted octanol–water partition coefficient (Wildman–Crippen LogP) is 3.12. The van der Waals surface area contributed by atoms with E-state index in [4.69, 9.17) is 4.89 Å². The fourth-order valence-corrected chi connectivity index (χ4v) is 1.45. The average Bonchev–Trinajstić information content (AvgIpc) is 2.25. The molecule has 0 fully saturated rings. The summed E-state index contributed by atoms with van der Waals surface area (Å²) in [6.07, 6.45) is 1.23. The minimum atomic E-state index is -2.04. The highest BCUT2D eigenvalue weighted by atomic mass is 33.1. The van der Waals surface area contributed by atoms with Crippen molar-refractivity contribution in [2.45, 2.75) is 27.2 Å². The first kappa shape index (κ1) is 18.3. The molecule has 0 amide bonds. The van der Waals surface area contributed by atoms with Crippen molar-refractivity contribution in [1.82, 2.24) is 0 Å². The molecule has 5 nitrogen and oxygen atoms in total. The molecular formula is C7H19O5PS2. The van der Waals surface area contributed by atoms with Crippen LogP contribution in [0.2, 0.25) is 0 Å². The lowest BCUT2D eigenvalue weighted by atomic mass is 10.6. The minimum absolute atomic E-state index is 0.356. The fourth-order valence-electron chi connectivity index (χ4n) is 0.299. The summed E-state index contributed by atoms with van der Waals surface area (Å²) >= 11 is 3.92. The average molecular weight is 278 g/mol. The van der Waals surface area contributed by atoms with Crippen LogP contribution in [0.5, 0.6) is 0 Å². The maximum atomic E-state index is 8.68. The van der Waals surface area contributed by atoms with Crippen LogP contribution >= 0.6 is 31.1 Å². The van der Waals surface area contributed by atoms with Gasteiger partial charge in [0, 0.05) is 5.75 Å². The van der Waals surface area contributed by atoms with E-state index in [1.807, 2.05) is 0 Å². The van der Waals surface area contributed by atoms with Gasteiger partial charge in [0.25, 0.3) is 0 Å². The summed E-state index contributed by atoms with van der Waals surface area (Å²) in [5, 5.41) is 0. The SMILES string of the molecule is CCCSS.CCOOP(O)OOCC. The molecule has 0 radical (unpaired) electrons. The van der Waals surface area contributed by atoms with Crippen LogP contribution in [0.15, 0.2) is 0 Å². The Morgan fingerprint density at radius 1 is 1.13 bits per heavy atom. The first-order valence-corrected chi connectivity index (χ1v) is 7.74. The largest absolute Gasteiger partial charge is 0.389 e. The van der Waals surface area contributed by atoms with Gasteiger partial charge in [-0.1, -0.05) is 17.7 Å². The van der Waals surface area contributed by atoms with Crippen molar-refractivity contribution >= 4 is 31.1 Å². The summed E-state index contributed by atoms with van der Waals surface area (Å²) in [6, 6.07) is 0. The molecule has 15 heavy (non-hydrogen) atoms. The normalized spacial score (nSPS) is 10.0. The molecule has 0 aliphatic carbocycles. The smallest absolute Gasteiger partial charge is 0.325 e. The van der Waals surface area contributed by atoms with Gasteiger partial charge in [0.2, 0.25) is 0 Å². The molecule has 0 bridgehead atoms. The van der Waals surface area contributed by atoms with Crippen LogP contribution in [0.4, 0.5) is 0 Å². The molecule has 0 rings (SSSR count). The van der Waals surface area contributed by atoms with Crippen molar-refractivity contribution in [2.24, 2.45) is 0 Å². The second kappa shape index (κ2) is 17.3.